The van der Waals surface area contributed by atoms with Crippen molar-refractivity contribution in [2.45, 2.75) is 13.0 Å². The average molecular weight is 179 g/mol. The van der Waals surface area contributed by atoms with Crippen LogP contribution >= 0.6 is 0 Å². The standard InChI is InChI=1S/C8H13N5/c1-12-8(9-10-11-12)7-13-5-3-2-4-6-13/h2-3H,4-7H2,1H3. The van der Waals surface area contributed by atoms with Gasteiger partial charge in [-0.3, -0.25) is 4.90 Å². The van der Waals surface area contributed by atoms with Gasteiger partial charge in [-0.05, 0) is 16.8 Å². The van der Waals surface area contributed by atoms with Gasteiger partial charge in [-0.1, -0.05) is 12.2 Å². The first-order valence-corrected chi connectivity index (χ1v) is 4.45. The number of nitrogens with zero attached hydrogens (tertiary/aromatic N) is 5. The second-order valence-electron chi connectivity index (χ2n) is 3.21. The van der Waals surface area contributed by atoms with Crippen LogP contribution in [-0.4, -0.2) is 38.2 Å². The molecule has 0 spiro atoms. The molecule has 0 bridgehead atoms. The molecule has 0 aromatic carbocycles. The summed E-state index contributed by atoms with van der Waals surface area (Å²) in [5.41, 5.74) is 0. The zero-order valence-corrected chi connectivity index (χ0v) is 7.72. The Morgan fingerprint density at radius 2 is 2.38 bits per heavy atom. The molecule has 1 aliphatic rings. The van der Waals surface area contributed by atoms with E-state index in [4.69, 9.17) is 0 Å². The highest BCUT2D eigenvalue weighted by Gasteiger charge is 2.10. The molecule has 0 unspecified atom stereocenters. The highest BCUT2D eigenvalue weighted by Crippen LogP contribution is 2.04. The topological polar surface area (TPSA) is 46.8 Å². The summed E-state index contributed by atoms with van der Waals surface area (Å²) in [4.78, 5) is 2.33. The highest BCUT2D eigenvalue weighted by atomic mass is 15.5. The Hall–Kier alpha value is -1.23. The van der Waals surface area contributed by atoms with Crippen molar-refractivity contribution in [2.24, 2.45) is 7.05 Å². The molecule has 1 aromatic rings. The van der Waals surface area contributed by atoms with Crippen molar-refractivity contribution in [3.63, 3.8) is 0 Å². The molecule has 0 aliphatic carbocycles. The average Bonchev–Trinajstić information content (AvgIpc) is 2.54. The lowest BCUT2D eigenvalue weighted by Crippen LogP contribution is -2.28. The Balaban J connectivity index is 1.98. The Bertz CT molecular complexity index is 303. The van der Waals surface area contributed by atoms with Gasteiger partial charge in [0, 0.05) is 20.1 Å². The van der Waals surface area contributed by atoms with Gasteiger partial charge in [0.15, 0.2) is 5.82 Å². The van der Waals surface area contributed by atoms with Crippen molar-refractivity contribution in [1.82, 2.24) is 25.1 Å². The number of rotatable bonds is 2. The molecule has 5 nitrogen and oxygen atoms in total. The lowest BCUT2D eigenvalue weighted by Gasteiger charge is -2.21. The van der Waals surface area contributed by atoms with Crippen LogP contribution in [0.15, 0.2) is 12.2 Å². The Labute approximate surface area is 77.0 Å². The van der Waals surface area contributed by atoms with E-state index in [-0.39, 0.29) is 0 Å². The Morgan fingerprint density at radius 3 is 3.00 bits per heavy atom. The summed E-state index contributed by atoms with van der Waals surface area (Å²) in [6, 6.07) is 0. The molecule has 0 saturated heterocycles. The molecule has 5 heteroatoms. The van der Waals surface area contributed by atoms with E-state index in [9.17, 15) is 0 Å². The van der Waals surface area contributed by atoms with Gasteiger partial charge in [0.25, 0.3) is 0 Å². The van der Waals surface area contributed by atoms with Gasteiger partial charge in [-0.2, -0.15) is 0 Å². The van der Waals surface area contributed by atoms with E-state index in [1.165, 1.54) is 0 Å². The minimum absolute atomic E-state index is 0.841. The zero-order chi connectivity index (χ0) is 9.10. The quantitative estimate of drug-likeness (QED) is 0.598. The monoisotopic (exact) mass is 179 g/mol. The summed E-state index contributed by atoms with van der Waals surface area (Å²) < 4.78 is 1.72. The maximum absolute atomic E-state index is 3.95. The number of hydrogen-bond acceptors (Lipinski definition) is 4. The van der Waals surface area contributed by atoms with E-state index in [0.29, 0.717) is 0 Å². The molecule has 1 aliphatic heterocycles. The van der Waals surface area contributed by atoms with Gasteiger partial charge in [0.05, 0.1) is 6.54 Å². The van der Waals surface area contributed by atoms with E-state index >= 15 is 0 Å². The SMILES string of the molecule is Cn1nnnc1CN1CC=CCC1. The lowest BCUT2D eigenvalue weighted by molar-refractivity contribution is 0.279. The van der Waals surface area contributed by atoms with Gasteiger partial charge in [-0.15, -0.1) is 5.10 Å². The first kappa shape index (κ1) is 8.37. The molecule has 70 valence electrons. The zero-order valence-electron chi connectivity index (χ0n) is 7.72. The summed E-state index contributed by atoms with van der Waals surface area (Å²) in [6.45, 7) is 2.95. The van der Waals surface area contributed by atoms with Crippen LogP contribution in [0.5, 0.6) is 0 Å². The minimum Gasteiger partial charge on any atom is -0.292 e. The van der Waals surface area contributed by atoms with Gasteiger partial charge >= 0.3 is 0 Å². The Morgan fingerprint density at radius 1 is 1.46 bits per heavy atom. The molecule has 0 atom stereocenters. The predicted octanol–water partition coefficient (Wildman–Crippen LogP) is -0.0280. The van der Waals surface area contributed by atoms with E-state index in [1.54, 1.807) is 4.68 Å². The van der Waals surface area contributed by atoms with E-state index < -0.39 is 0 Å². The van der Waals surface area contributed by atoms with Crippen LogP contribution in [0.3, 0.4) is 0 Å². The van der Waals surface area contributed by atoms with Crippen LogP contribution in [-0.2, 0) is 13.6 Å². The highest BCUT2D eigenvalue weighted by molar-refractivity contribution is 4.92. The molecular formula is C8H13N5. The van der Waals surface area contributed by atoms with Crippen LogP contribution in [0.2, 0.25) is 0 Å². The van der Waals surface area contributed by atoms with Crippen molar-refractivity contribution in [2.75, 3.05) is 13.1 Å². The van der Waals surface area contributed by atoms with Crippen molar-refractivity contribution in [1.29, 1.82) is 0 Å². The molecule has 2 rings (SSSR count). The maximum atomic E-state index is 3.95. The number of aryl methyl sites for hydroxylation is 1. The van der Waals surface area contributed by atoms with E-state index in [0.717, 1.165) is 31.9 Å². The van der Waals surface area contributed by atoms with Crippen molar-refractivity contribution in [3.05, 3.63) is 18.0 Å². The summed E-state index contributed by atoms with van der Waals surface area (Å²) >= 11 is 0. The van der Waals surface area contributed by atoms with Crippen LogP contribution in [0.4, 0.5) is 0 Å². The summed E-state index contributed by atoms with van der Waals surface area (Å²) in [5.74, 6) is 0.926. The second-order valence-corrected chi connectivity index (χ2v) is 3.21. The summed E-state index contributed by atoms with van der Waals surface area (Å²) in [7, 11) is 1.87. The molecule has 1 aromatic heterocycles. The van der Waals surface area contributed by atoms with Gasteiger partial charge in [0.1, 0.15) is 0 Å². The van der Waals surface area contributed by atoms with Crippen LogP contribution < -0.4 is 0 Å². The van der Waals surface area contributed by atoms with Crippen LogP contribution in [0, 0.1) is 0 Å². The maximum Gasteiger partial charge on any atom is 0.164 e. The van der Waals surface area contributed by atoms with Gasteiger partial charge in [-0.25, -0.2) is 4.68 Å². The first-order chi connectivity index (χ1) is 6.36. The third-order valence-electron chi connectivity index (χ3n) is 2.22. The van der Waals surface area contributed by atoms with Gasteiger partial charge in [0.2, 0.25) is 0 Å². The molecule has 2 heterocycles. The molecule has 0 fully saturated rings. The molecule has 13 heavy (non-hydrogen) atoms. The number of hydrogen-bond donors (Lipinski definition) is 0. The normalized spacial score (nSPS) is 17.9. The predicted molar refractivity (Wildman–Crippen MR) is 47.8 cm³/mol. The smallest absolute Gasteiger partial charge is 0.164 e. The first-order valence-electron chi connectivity index (χ1n) is 4.45. The lowest BCUT2D eigenvalue weighted by atomic mass is 10.2. The third kappa shape index (κ3) is 1.92. The summed E-state index contributed by atoms with van der Waals surface area (Å²) in [5, 5.41) is 11.3. The molecule has 0 N–H and O–H groups in total. The molecular weight excluding hydrogens is 166 g/mol. The van der Waals surface area contributed by atoms with E-state index in [1.807, 2.05) is 7.05 Å². The van der Waals surface area contributed by atoms with Crippen LogP contribution in [0.1, 0.15) is 12.2 Å². The van der Waals surface area contributed by atoms with Crippen LogP contribution in [0.25, 0.3) is 0 Å². The largest absolute Gasteiger partial charge is 0.292 e. The number of tetrazole rings is 1. The second kappa shape index (κ2) is 3.66. The Kier molecular flexibility index (Phi) is 2.35. The summed E-state index contributed by atoms with van der Waals surface area (Å²) in [6.07, 6.45) is 5.53. The van der Waals surface area contributed by atoms with E-state index in [2.05, 4.69) is 32.6 Å². The fourth-order valence-electron chi connectivity index (χ4n) is 1.42. The molecule has 0 radical (unpaired) electrons. The molecule has 0 saturated carbocycles. The third-order valence-corrected chi connectivity index (χ3v) is 2.22. The number of aromatic nitrogens is 4. The van der Waals surface area contributed by atoms with Crippen molar-refractivity contribution in [3.8, 4) is 0 Å². The fourth-order valence-corrected chi connectivity index (χ4v) is 1.42. The van der Waals surface area contributed by atoms with Crippen molar-refractivity contribution < 1.29 is 0 Å². The fraction of sp³-hybridized carbons (Fsp3) is 0.625. The van der Waals surface area contributed by atoms with Gasteiger partial charge < -0.3 is 0 Å². The minimum atomic E-state index is 0.841. The van der Waals surface area contributed by atoms with Crippen molar-refractivity contribution >= 4 is 0 Å². The molecule has 0 amide bonds.